The summed E-state index contributed by atoms with van der Waals surface area (Å²) in [7, 11) is 1.70. The van der Waals surface area contributed by atoms with Crippen LogP contribution in [0.2, 0.25) is 0 Å². The zero-order valence-corrected chi connectivity index (χ0v) is 9.63. The molecule has 0 aliphatic heterocycles. The standard InChI is InChI=1S/C14H15NO2/c1-15-14(16)12-9-5-6-10-13(12)17-11-7-3-2-4-8-11/h2-10,14-16H,1H3. The number of aliphatic hydroxyl groups excluding tert-OH is 1. The minimum atomic E-state index is -0.727. The van der Waals surface area contributed by atoms with E-state index in [4.69, 9.17) is 4.74 Å². The monoisotopic (exact) mass is 229 g/mol. The smallest absolute Gasteiger partial charge is 0.134 e. The van der Waals surface area contributed by atoms with Gasteiger partial charge in [-0.15, -0.1) is 0 Å². The van der Waals surface area contributed by atoms with Crippen LogP contribution >= 0.6 is 0 Å². The lowest BCUT2D eigenvalue weighted by Crippen LogP contribution is -2.15. The minimum absolute atomic E-state index is 0.653. The van der Waals surface area contributed by atoms with Crippen LogP contribution in [0.4, 0.5) is 0 Å². The van der Waals surface area contributed by atoms with Gasteiger partial charge in [0.15, 0.2) is 0 Å². The van der Waals surface area contributed by atoms with Crippen LogP contribution in [0.5, 0.6) is 11.5 Å². The normalized spacial score (nSPS) is 12.1. The summed E-state index contributed by atoms with van der Waals surface area (Å²) in [5.74, 6) is 1.41. The number of nitrogens with one attached hydrogen (secondary N) is 1. The fourth-order valence-corrected chi connectivity index (χ4v) is 1.57. The van der Waals surface area contributed by atoms with Crippen molar-refractivity contribution in [2.45, 2.75) is 6.23 Å². The summed E-state index contributed by atoms with van der Waals surface area (Å²) in [6.45, 7) is 0. The number of benzene rings is 2. The highest BCUT2D eigenvalue weighted by Gasteiger charge is 2.11. The maximum atomic E-state index is 9.80. The van der Waals surface area contributed by atoms with Crippen LogP contribution in [0.25, 0.3) is 0 Å². The molecule has 2 aromatic carbocycles. The second-order valence-electron chi connectivity index (χ2n) is 3.64. The van der Waals surface area contributed by atoms with Crippen LogP contribution in [0.1, 0.15) is 11.8 Å². The highest BCUT2D eigenvalue weighted by atomic mass is 16.5. The Hall–Kier alpha value is -1.84. The van der Waals surface area contributed by atoms with Gasteiger partial charge in [-0.05, 0) is 25.2 Å². The Labute approximate surface area is 101 Å². The average molecular weight is 229 g/mol. The van der Waals surface area contributed by atoms with E-state index < -0.39 is 6.23 Å². The predicted octanol–water partition coefficient (Wildman–Crippen LogP) is 2.69. The van der Waals surface area contributed by atoms with E-state index in [1.165, 1.54) is 0 Å². The maximum Gasteiger partial charge on any atom is 0.134 e. The van der Waals surface area contributed by atoms with Gasteiger partial charge in [0, 0.05) is 5.56 Å². The Morgan fingerprint density at radius 3 is 2.35 bits per heavy atom. The molecule has 1 unspecified atom stereocenters. The van der Waals surface area contributed by atoms with Gasteiger partial charge in [0.2, 0.25) is 0 Å². The Kier molecular flexibility index (Phi) is 3.75. The number of hydrogen-bond donors (Lipinski definition) is 2. The van der Waals surface area contributed by atoms with Crippen LogP contribution in [0.3, 0.4) is 0 Å². The van der Waals surface area contributed by atoms with E-state index in [9.17, 15) is 5.11 Å². The molecule has 0 heterocycles. The van der Waals surface area contributed by atoms with Crippen molar-refractivity contribution in [2.75, 3.05) is 7.05 Å². The fraction of sp³-hybridized carbons (Fsp3) is 0.143. The second-order valence-corrected chi connectivity index (χ2v) is 3.64. The summed E-state index contributed by atoms with van der Waals surface area (Å²) in [5.41, 5.74) is 0.721. The third kappa shape index (κ3) is 2.84. The first-order chi connectivity index (χ1) is 8.31. The molecular weight excluding hydrogens is 214 g/mol. The van der Waals surface area contributed by atoms with Crippen molar-refractivity contribution in [3.63, 3.8) is 0 Å². The van der Waals surface area contributed by atoms with Gasteiger partial charge in [0.25, 0.3) is 0 Å². The van der Waals surface area contributed by atoms with Crippen molar-refractivity contribution in [1.29, 1.82) is 0 Å². The van der Waals surface area contributed by atoms with Crippen LogP contribution in [0.15, 0.2) is 54.6 Å². The molecular formula is C14H15NO2. The lowest BCUT2D eigenvalue weighted by atomic mass is 10.1. The molecule has 0 bridgehead atoms. The first-order valence-electron chi connectivity index (χ1n) is 5.48. The molecule has 0 radical (unpaired) electrons. The molecule has 2 aromatic rings. The highest BCUT2D eigenvalue weighted by molar-refractivity contribution is 5.38. The summed E-state index contributed by atoms with van der Waals surface area (Å²) in [4.78, 5) is 0. The van der Waals surface area contributed by atoms with Gasteiger partial charge in [-0.1, -0.05) is 36.4 Å². The molecule has 0 fully saturated rings. The molecule has 1 atom stereocenters. The van der Waals surface area contributed by atoms with E-state index >= 15 is 0 Å². The highest BCUT2D eigenvalue weighted by Crippen LogP contribution is 2.28. The molecule has 88 valence electrons. The number of rotatable bonds is 4. The molecule has 0 aliphatic carbocycles. The third-order valence-corrected chi connectivity index (χ3v) is 2.46. The Balaban J connectivity index is 2.27. The molecule has 0 aromatic heterocycles. The molecule has 0 saturated heterocycles. The van der Waals surface area contributed by atoms with Crippen molar-refractivity contribution in [2.24, 2.45) is 0 Å². The van der Waals surface area contributed by atoms with Crippen molar-refractivity contribution >= 4 is 0 Å². The first-order valence-corrected chi connectivity index (χ1v) is 5.48. The van der Waals surface area contributed by atoms with Crippen LogP contribution in [-0.4, -0.2) is 12.2 Å². The summed E-state index contributed by atoms with van der Waals surface area (Å²) in [6.07, 6.45) is -0.727. The van der Waals surface area contributed by atoms with Gasteiger partial charge in [-0.3, -0.25) is 5.32 Å². The zero-order chi connectivity index (χ0) is 12.1. The quantitative estimate of drug-likeness (QED) is 0.792. The van der Waals surface area contributed by atoms with E-state index in [-0.39, 0.29) is 0 Å². The van der Waals surface area contributed by atoms with Gasteiger partial charge in [0.05, 0.1) is 0 Å². The van der Waals surface area contributed by atoms with E-state index in [2.05, 4.69) is 5.32 Å². The third-order valence-electron chi connectivity index (χ3n) is 2.46. The topological polar surface area (TPSA) is 41.5 Å². The predicted molar refractivity (Wildman–Crippen MR) is 67.0 cm³/mol. The van der Waals surface area contributed by atoms with Crippen LogP contribution < -0.4 is 10.1 Å². The van der Waals surface area contributed by atoms with Crippen LogP contribution in [0, 0.1) is 0 Å². The maximum absolute atomic E-state index is 9.80. The summed E-state index contributed by atoms with van der Waals surface area (Å²) < 4.78 is 5.73. The van der Waals surface area contributed by atoms with Gasteiger partial charge in [0.1, 0.15) is 17.7 Å². The van der Waals surface area contributed by atoms with Crippen molar-refractivity contribution < 1.29 is 9.84 Å². The average Bonchev–Trinajstić information content (AvgIpc) is 2.40. The van der Waals surface area contributed by atoms with E-state index in [0.29, 0.717) is 5.75 Å². The van der Waals surface area contributed by atoms with Gasteiger partial charge in [-0.25, -0.2) is 0 Å². The number of para-hydroxylation sites is 2. The molecule has 2 N–H and O–H groups in total. The van der Waals surface area contributed by atoms with E-state index in [0.717, 1.165) is 11.3 Å². The summed E-state index contributed by atoms with van der Waals surface area (Å²) in [5, 5.41) is 12.6. The Morgan fingerprint density at radius 1 is 1.00 bits per heavy atom. The molecule has 2 rings (SSSR count). The molecule has 0 spiro atoms. The molecule has 0 saturated carbocycles. The first kappa shape index (κ1) is 11.6. The summed E-state index contributed by atoms with van der Waals surface area (Å²) in [6, 6.07) is 16.9. The minimum Gasteiger partial charge on any atom is -0.457 e. The van der Waals surface area contributed by atoms with Gasteiger partial charge < -0.3 is 9.84 Å². The number of hydrogen-bond acceptors (Lipinski definition) is 3. The molecule has 0 amide bonds. The van der Waals surface area contributed by atoms with Crippen LogP contribution in [-0.2, 0) is 0 Å². The van der Waals surface area contributed by atoms with Gasteiger partial charge >= 0.3 is 0 Å². The molecule has 3 heteroatoms. The van der Waals surface area contributed by atoms with Crippen molar-refractivity contribution in [3.05, 3.63) is 60.2 Å². The van der Waals surface area contributed by atoms with Crippen molar-refractivity contribution in [1.82, 2.24) is 5.32 Å². The van der Waals surface area contributed by atoms with Gasteiger partial charge in [-0.2, -0.15) is 0 Å². The lowest BCUT2D eigenvalue weighted by Gasteiger charge is -2.15. The largest absolute Gasteiger partial charge is 0.457 e. The summed E-state index contributed by atoms with van der Waals surface area (Å²) >= 11 is 0. The van der Waals surface area contributed by atoms with Crippen molar-refractivity contribution in [3.8, 4) is 11.5 Å². The zero-order valence-electron chi connectivity index (χ0n) is 9.63. The molecule has 3 nitrogen and oxygen atoms in total. The molecule has 0 aliphatic rings. The molecule has 17 heavy (non-hydrogen) atoms. The number of ether oxygens (including phenoxy) is 1. The second kappa shape index (κ2) is 5.48. The lowest BCUT2D eigenvalue weighted by molar-refractivity contribution is 0.146. The van der Waals surface area contributed by atoms with E-state index in [1.54, 1.807) is 7.05 Å². The Morgan fingerprint density at radius 2 is 1.65 bits per heavy atom. The Bertz CT molecular complexity index is 471. The van der Waals surface area contributed by atoms with E-state index in [1.807, 2.05) is 54.6 Å². The SMILES string of the molecule is CNC(O)c1ccccc1Oc1ccccc1. The fourth-order valence-electron chi connectivity index (χ4n) is 1.57. The number of aliphatic hydroxyl groups is 1.